The molecule has 2 saturated heterocycles. The second-order valence-corrected chi connectivity index (χ2v) is 8.69. The van der Waals surface area contributed by atoms with Crippen LogP contribution < -0.4 is 4.72 Å². The molecule has 10 heteroatoms. The molecule has 0 bridgehead atoms. The average molecular weight is 385 g/mol. The predicted octanol–water partition coefficient (Wildman–Crippen LogP) is -0.590. The minimum Gasteiger partial charge on any atom is -0.378 e. The highest BCUT2D eigenvalue weighted by atomic mass is 32.2. The Morgan fingerprint density at radius 1 is 1.27 bits per heavy atom. The van der Waals surface area contributed by atoms with Crippen LogP contribution in [-0.2, 0) is 26.6 Å². The van der Waals surface area contributed by atoms with Gasteiger partial charge in [0.1, 0.15) is 0 Å². The van der Waals surface area contributed by atoms with Crippen molar-refractivity contribution in [3.8, 4) is 0 Å². The Labute approximate surface area is 154 Å². The summed E-state index contributed by atoms with van der Waals surface area (Å²) in [6.07, 6.45) is 5.17. The van der Waals surface area contributed by atoms with E-state index in [9.17, 15) is 13.2 Å². The van der Waals surface area contributed by atoms with Crippen LogP contribution in [0.25, 0.3) is 0 Å². The fraction of sp³-hybridized carbons (Fsp3) is 0.750. The van der Waals surface area contributed by atoms with E-state index in [1.165, 1.54) is 12.5 Å². The van der Waals surface area contributed by atoms with Crippen LogP contribution in [0, 0.1) is 0 Å². The molecule has 0 radical (unpaired) electrons. The number of nitrogens with one attached hydrogen (secondary N) is 1. The Morgan fingerprint density at radius 2 is 1.96 bits per heavy atom. The van der Waals surface area contributed by atoms with Crippen molar-refractivity contribution in [3.05, 3.63) is 12.5 Å². The van der Waals surface area contributed by atoms with Crippen LogP contribution >= 0.6 is 0 Å². The molecule has 2 aliphatic heterocycles. The smallest absolute Gasteiger partial charge is 0.259 e. The molecule has 1 N–H and O–H groups in total. The standard InChI is InChI=1S/C16H27N5O4S/c1-19-11-15(17-12-19)26(23,24)18-10-14-4-3-13(20(14)2)9-16(22)21-5-7-25-8-6-21/h11-14,18H,3-10H2,1-2H3/t13-,14+/m1/s1. The van der Waals surface area contributed by atoms with Crippen LogP contribution in [0.3, 0.4) is 0 Å². The third kappa shape index (κ3) is 4.43. The SMILES string of the molecule is CN1[C@@H](CC(=O)N2CCOCC2)CC[C@H]1CNS(=O)(=O)c1cn(C)cn1. The lowest BCUT2D eigenvalue weighted by molar-refractivity contribution is -0.136. The van der Waals surface area contributed by atoms with Crippen molar-refractivity contribution in [2.24, 2.45) is 7.05 Å². The van der Waals surface area contributed by atoms with Gasteiger partial charge in [0, 0.05) is 51.4 Å². The van der Waals surface area contributed by atoms with Gasteiger partial charge in [-0.05, 0) is 19.9 Å². The molecule has 1 aromatic rings. The molecule has 0 unspecified atom stereocenters. The molecule has 2 aliphatic rings. The van der Waals surface area contributed by atoms with E-state index < -0.39 is 10.0 Å². The van der Waals surface area contributed by atoms with Gasteiger partial charge in [0.15, 0.2) is 5.03 Å². The maximum atomic E-state index is 12.4. The molecule has 1 aromatic heterocycles. The number of ether oxygens (including phenoxy) is 1. The van der Waals surface area contributed by atoms with Crippen LogP contribution in [0.5, 0.6) is 0 Å². The molecule has 2 fully saturated rings. The fourth-order valence-electron chi connectivity index (χ4n) is 3.53. The van der Waals surface area contributed by atoms with Gasteiger partial charge >= 0.3 is 0 Å². The maximum Gasteiger partial charge on any atom is 0.259 e. The van der Waals surface area contributed by atoms with E-state index in [4.69, 9.17) is 4.74 Å². The number of nitrogens with zero attached hydrogens (tertiary/aromatic N) is 4. The third-order valence-corrected chi connectivity index (χ3v) is 6.53. The van der Waals surface area contributed by atoms with Crippen LogP contribution in [0.4, 0.5) is 0 Å². The number of aromatic nitrogens is 2. The largest absolute Gasteiger partial charge is 0.378 e. The number of morpholine rings is 1. The molecule has 9 nitrogen and oxygen atoms in total. The van der Waals surface area contributed by atoms with E-state index >= 15 is 0 Å². The number of carbonyl (C=O) groups excluding carboxylic acids is 1. The van der Waals surface area contributed by atoms with E-state index in [1.807, 2.05) is 11.9 Å². The summed E-state index contributed by atoms with van der Waals surface area (Å²) >= 11 is 0. The third-order valence-electron chi connectivity index (χ3n) is 5.22. The van der Waals surface area contributed by atoms with Gasteiger partial charge in [0.25, 0.3) is 10.0 Å². The van der Waals surface area contributed by atoms with E-state index in [2.05, 4.69) is 14.6 Å². The van der Waals surface area contributed by atoms with E-state index in [0.717, 1.165) is 12.8 Å². The summed E-state index contributed by atoms with van der Waals surface area (Å²) < 4.78 is 34.1. The molecule has 0 aliphatic carbocycles. The molecule has 2 atom stereocenters. The van der Waals surface area contributed by atoms with Gasteiger partial charge in [0.05, 0.1) is 19.5 Å². The first kappa shape index (κ1) is 19.3. The summed E-state index contributed by atoms with van der Waals surface area (Å²) in [5.74, 6) is 0.153. The number of sulfonamides is 1. The van der Waals surface area contributed by atoms with Crippen molar-refractivity contribution in [2.75, 3.05) is 39.9 Å². The Bertz CT molecular complexity index is 729. The predicted molar refractivity (Wildman–Crippen MR) is 95.0 cm³/mol. The molecular weight excluding hydrogens is 358 g/mol. The summed E-state index contributed by atoms with van der Waals surface area (Å²) in [5, 5.41) is 0.0275. The summed E-state index contributed by atoms with van der Waals surface area (Å²) in [5.41, 5.74) is 0. The van der Waals surface area contributed by atoms with Crippen molar-refractivity contribution in [1.82, 2.24) is 24.1 Å². The number of carbonyl (C=O) groups is 1. The molecule has 26 heavy (non-hydrogen) atoms. The molecule has 3 rings (SSSR count). The van der Waals surface area contributed by atoms with Gasteiger partial charge in [-0.2, -0.15) is 0 Å². The average Bonchev–Trinajstić information content (AvgIpc) is 3.21. The Balaban J connectivity index is 1.50. The first-order chi connectivity index (χ1) is 12.4. The fourth-order valence-corrected chi connectivity index (χ4v) is 4.58. The van der Waals surface area contributed by atoms with Crippen molar-refractivity contribution >= 4 is 15.9 Å². The number of rotatable bonds is 6. The van der Waals surface area contributed by atoms with Crippen LogP contribution in [-0.4, -0.2) is 85.7 Å². The molecule has 3 heterocycles. The lowest BCUT2D eigenvalue weighted by Crippen LogP contribution is -2.45. The molecule has 1 amide bonds. The minimum atomic E-state index is -3.61. The zero-order valence-electron chi connectivity index (χ0n) is 15.3. The highest BCUT2D eigenvalue weighted by Gasteiger charge is 2.34. The Hall–Kier alpha value is -1.49. The van der Waals surface area contributed by atoms with Gasteiger partial charge in [0.2, 0.25) is 5.91 Å². The Kier molecular flexibility index (Phi) is 5.96. The normalized spacial score (nSPS) is 24.9. The van der Waals surface area contributed by atoms with Crippen LogP contribution in [0.15, 0.2) is 17.6 Å². The second kappa shape index (κ2) is 8.03. The lowest BCUT2D eigenvalue weighted by Gasteiger charge is -2.30. The van der Waals surface area contributed by atoms with Crippen LogP contribution in [0.2, 0.25) is 0 Å². The van der Waals surface area contributed by atoms with Crippen molar-refractivity contribution < 1.29 is 17.9 Å². The zero-order valence-corrected chi connectivity index (χ0v) is 16.1. The summed E-state index contributed by atoms with van der Waals surface area (Å²) in [6, 6.07) is 0.227. The van der Waals surface area contributed by atoms with Crippen molar-refractivity contribution in [2.45, 2.75) is 36.4 Å². The number of likely N-dealkylation sites (tertiary alicyclic amines) is 1. The number of likely N-dealkylation sites (N-methyl/N-ethyl adjacent to an activating group) is 1. The highest BCUT2D eigenvalue weighted by molar-refractivity contribution is 7.89. The molecule has 146 valence electrons. The number of amides is 1. The maximum absolute atomic E-state index is 12.4. The number of hydrogen-bond acceptors (Lipinski definition) is 6. The van der Waals surface area contributed by atoms with Gasteiger partial charge < -0.3 is 14.2 Å². The van der Waals surface area contributed by atoms with Crippen LogP contribution in [0.1, 0.15) is 19.3 Å². The summed E-state index contributed by atoms with van der Waals surface area (Å²) in [6.45, 7) is 2.83. The molecule has 0 spiro atoms. The van der Waals surface area contributed by atoms with Gasteiger partial charge in [-0.25, -0.2) is 18.1 Å². The lowest BCUT2D eigenvalue weighted by atomic mass is 10.1. The van der Waals surface area contributed by atoms with Gasteiger partial charge in [-0.1, -0.05) is 0 Å². The first-order valence-corrected chi connectivity index (χ1v) is 10.4. The number of aryl methyl sites for hydroxylation is 1. The monoisotopic (exact) mass is 385 g/mol. The van der Waals surface area contributed by atoms with E-state index in [0.29, 0.717) is 39.3 Å². The molecule has 0 saturated carbocycles. The van der Waals surface area contributed by atoms with E-state index in [-0.39, 0.29) is 23.0 Å². The minimum absolute atomic E-state index is 0.0275. The Morgan fingerprint density at radius 3 is 2.62 bits per heavy atom. The van der Waals surface area contributed by atoms with Gasteiger partial charge in [-0.3, -0.25) is 9.69 Å². The summed E-state index contributed by atoms with van der Waals surface area (Å²) in [7, 11) is 0.0856. The van der Waals surface area contributed by atoms with Crippen molar-refractivity contribution in [1.29, 1.82) is 0 Å². The first-order valence-electron chi connectivity index (χ1n) is 8.92. The number of hydrogen-bond donors (Lipinski definition) is 1. The van der Waals surface area contributed by atoms with E-state index in [1.54, 1.807) is 11.6 Å². The highest BCUT2D eigenvalue weighted by Crippen LogP contribution is 2.25. The van der Waals surface area contributed by atoms with Gasteiger partial charge in [-0.15, -0.1) is 0 Å². The topological polar surface area (TPSA) is 96.8 Å². The van der Waals surface area contributed by atoms with Crippen molar-refractivity contribution in [3.63, 3.8) is 0 Å². The quantitative estimate of drug-likeness (QED) is 0.703. The molecular formula is C16H27N5O4S. The summed E-state index contributed by atoms with van der Waals surface area (Å²) in [4.78, 5) is 20.3. The number of imidazole rings is 1. The molecule has 0 aromatic carbocycles. The second-order valence-electron chi connectivity index (χ2n) is 6.98. The zero-order chi connectivity index (χ0) is 18.7.